The number of hydrogen-bond acceptors (Lipinski definition) is 4. The molecule has 6 heteroatoms. The van der Waals surface area contributed by atoms with E-state index < -0.39 is 6.04 Å². The third-order valence-electron chi connectivity index (χ3n) is 4.24. The smallest absolute Gasteiger partial charge is 0.247 e. The number of aromatic nitrogens is 1. The molecule has 2 amide bonds. The van der Waals surface area contributed by atoms with E-state index in [-0.39, 0.29) is 24.2 Å². The average Bonchev–Trinajstić information content (AvgIpc) is 2.99. The summed E-state index contributed by atoms with van der Waals surface area (Å²) in [6.45, 7) is 5.57. The van der Waals surface area contributed by atoms with Crippen LogP contribution in [-0.2, 0) is 16.0 Å². The van der Waals surface area contributed by atoms with Crippen LogP contribution >= 0.6 is 0 Å². The number of carbonyl (C=O) groups excluding carboxylic acids is 2. The van der Waals surface area contributed by atoms with Crippen LogP contribution in [0.1, 0.15) is 25.3 Å². The molecule has 140 valence electrons. The van der Waals surface area contributed by atoms with E-state index in [1.165, 1.54) is 0 Å². The zero-order valence-corrected chi connectivity index (χ0v) is 15.7. The van der Waals surface area contributed by atoms with Crippen molar-refractivity contribution in [1.29, 1.82) is 0 Å². The summed E-state index contributed by atoms with van der Waals surface area (Å²) in [6.07, 6.45) is 0.238. The fourth-order valence-corrected chi connectivity index (χ4v) is 2.88. The minimum atomic E-state index is -0.629. The number of amides is 2. The predicted octanol–water partition coefficient (Wildman–Crippen LogP) is 3.46. The zero-order chi connectivity index (χ0) is 19.4. The lowest BCUT2D eigenvalue weighted by molar-refractivity contribution is -0.127. The van der Waals surface area contributed by atoms with Gasteiger partial charge in [0, 0.05) is 12.6 Å². The first-order valence-corrected chi connectivity index (χ1v) is 8.93. The molecule has 2 aromatic carbocycles. The number of aryl methyl sites for hydroxylation is 1. The number of fused-ring (bicyclic) bond motifs is 1. The maximum absolute atomic E-state index is 12.7. The highest BCUT2D eigenvalue weighted by Gasteiger charge is 2.24. The van der Waals surface area contributed by atoms with E-state index in [2.05, 4.69) is 15.6 Å². The number of hydrogen-bond donors (Lipinski definition) is 2. The average molecular weight is 365 g/mol. The zero-order valence-electron chi connectivity index (χ0n) is 15.7. The van der Waals surface area contributed by atoms with Gasteiger partial charge in [-0.05, 0) is 29.7 Å². The second kappa shape index (κ2) is 8.03. The Labute approximate surface area is 158 Å². The maximum atomic E-state index is 12.7. The van der Waals surface area contributed by atoms with E-state index >= 15 is 0 Å². The van der Waals surface area contributed by atoms with Crippen molar-refractivity contribution in [2.24, 2.45) is 5.92 Å². The highest BCUT2D eigenvalue weighted by Crippen LogP contribution is 2.20. The molecule has 3 aromatic rings. The number of rotatable bonds is 6. The lowest BCUT2D eigenvalue weighted by atomic mass is 10.0. The Hall–Kier alpha value is -3.15. The lowest BCUT2D eigenvalue weighted by Crippen LogP contribution is -2.47. The Bertz CT molecular complexity index is 948. The SMILES string of the molecule is Cc1nc2cc(NC(=O)C(NC(=O)Cc3ccccc3)C(C)C)ccc2o1. The van der Waals surface area contributed by atoms with Crippen molar-refractivity contribution in [2.45, 2.75) is 33.2 Å². The van der Waals surface area contributed by atoms with Crippen molar-refractivity contribution in [3.05, 3.63) is 60.0 Å². The minimum absolute atomic E-state index is 0.0530. The topological polar surface area (TPSA) is 84.2 Å². The fraction of sp³-hybridized carbons (Fsp3) is 0.286. The molecule has 0 saturated carbocycles. The molecule has 0 spiro atoms. The second-order valence-corrected chi connectivity index (χ2v) is 6.86. The molecule has 0 aliphatic heterocycles. The van der Waals surface area contributed by atoms with Crippen molar-refractivity contribution in [3.8, 4) is 0 Å². The van der Waals surface area contributed by atoms with Gasteiger partial charge in [0.05, 0.1) is 6.42 Å². The van der Waals surface area contributed by atoms with Gasteiger partial charge in [0.25, 0.3) is 0 Å². The van der Waals surface area contributed by atoms with Crippen molar-refractivity contribution in [3.63, 3.8) is 0 Å². The van der Waals surface area contributed by atoms with Gasteiger partial charge in [0.2, 0.25) is 11.8 Å². The van der Waals surface area contributed by atoms with Crippen molar-refractivity contribution in [1.82, 2.24) is 10.3 Å². The van der Waals surface area contributed by atoms with Gasteiger partial charge < -0.3 is 15.1 Å². The van der Waals surface area contributed by atoms with E-state index in [0.29, 0.717) is 22.7 Å². The molecule has 3 rings (SSSR count). The van der Waals surface area contributed by atoms with Crippen LogP contribution in [0.5, 0.6) is 0 Å². The molecule has 2 N–H and O–H groups in total. The van der Waals surface area contributed by atoms with E-state index in [9.17, 15) is 9.59 Å². The van der Waals surface area contributed by atoms with E-state index in [0.717, 1.165) is 5.56 Å². The van der Waals surface area contributed by atoms with E-state index in [4.69, 9.17) is 4.42 Å². The van der Waals surface area contributed by atoms with Crippen LogP contribution in [0.15, 0.2) is 52.9 Å². The summed E-state index contributed by atoms with van der Waals surface area (Å²) < 4.78 is 5.44. The van der Waals surface area contributed by atoms with Crippen LogP contribution in [0.3, 0.4) is 0 Å². The first-order valence-electron chi connectivity index (χ1n) is 8.93. The van der Waals surface area contributed by atoms with Crippen LogP contribution < -0.4 is 10.6 Å². The number of nitrogens with one attached hydrogen (secondary N) is 2. The first kappa shape index (κ1) is 18.6. The maximum Gasteiger partial charge on any atom is 0.247 e. The van der Waals surface area contributed by atoms with Gasteiger partial charge in [-0.25, -0.2) is 4.98 Å². The Balaban J connectivity index is 1.67. The summed E-state index contributed by atoms with van der Waals surface area (Å²) in [5, 5.41) is 5.70. The molecular formula is C21H23N3O3. The number of carbonyl (C=O) groups is 2. The van der Waals surface area contributed by atoms with Gasteiger partial charge in [-0.15, -0.1) is 0 Å². The number of nitrogens with zero attached hydrogens (tertiary/aromatic N) is 1. The summed E-state index contributed by atoms with van der Waals surface area (Å²) in [5.41, 5.74) is 2.87. The normalized spacial score (nSPS) is 12.1. The van der Waals surface area contributed by atoms with Gasteiger partial charge in [0.1, 0.15) is 11.6 Å². The number of oxazole rings is 1. The number of anilines is 1. The summed E-state index contributed by atoms with van der Waals surface area (Å²) in [4.78, 5) is 29.3. The monoisotopic (exact) mass is 365 g/mol. The highest BCUT2D eigenvalue weighted by atomic mass is 16.3. The van der Waals surface area contributed by atoms with Crippen molar-refractivity contribution < 1.29 is 14.0 Å². The Morgan fingerprint density at radius 3 is 2.56 bits per heavy atom. The predicted molar refractivity (Wildman–Crippen MR) is 104 cm³/mol. The Morgan fingerprint density at radius 1 is 1.11 bits per heavy atom. The Kier molecular flexibility index (Phi) is 5.54. The summed E-state index contributed by atoms with van der Waals surface area (Å²) in [5.74, 6) is 0.0769. The highest BCUT2D eigenvalue weighted by molar-refractivity contribution is 5.98. The largest absolute Gasteiger partial charge is 0.441 e. The molecule has 0 aliphatic carbocycles. The summed E-state index contributed by atoms with van der Waals surface area (Å²) >= 11 is 0. The molecule has 6 nitrogen and oxygen atoms in total. The van der Waals surface area contributed by atoms with Crippen LogP contribution in [0.4, 0.5) is 5.69 Å². The molecule has 1 aromatic heterocycles. The van der Waals surface area contributed by atoms with Gasteiger partial charge in [0.15, 0.2) is 11.5 Å². The summed E-state index contributed by atoms with van der Waals surface area (Å²) in [6, 6.07) is 14.1. The van der Waals surface area contributed by atoms with Crippen molar-refractivity contribution in [2.75, 3.05) is 5.32 Å². The number of benzene rings is 2. The fourth-order valence-electron chi connectivity index (χ4n) is 2.88. The molecule has 27 heavy (non-hydrogen) atoms. The van der Waals surface area contributed by atoms with E-state index in [1.54, 1.807) is 25.1 Å². The molecule has 1 unspecified atom stereocenters. The van der Waals surface area contributed by atoms with Gasteiger partial charge in [-0.2, -0.15) is 0 Å². The van der Waals surface area contributed by atoms with Gasteiger partial charge in [-0.3, -0.25) is 9.59 Å². The second-order valence-electron chi connectivity index (χ2n) is 6.86. The molecular weight excluding hydrogens is 342 g/mol. The van der Waals surface area contributed by atoms with E-state index in [1.807, 2.05) is 44.2 Å². The summed E-state index contributed by atoms with van der Waals surface area (Å²) in [7, 11) is 0. The van der Waals surface area contributed by atoms with Crippen molar-refractivity contribution >= 4 is 28.6 Å². The molecule has 0 radical (unpaired) electrons. The molecule has 1 atom stereocenters. The van der Waals surface area contributed by atoms with Crippen LogP contribution in [0, 0.1) is 12.8 Å². The van der Waals surface area contributed by atoms with Gasteiger partial charge in [-0.1, -0.05) is 44.2 Å². The molecule has 0 aliphatic rings. The van der Waals surface area contributed by atoms with Gasteiger partial charge >= 0.3 is 0 Å². The molecule has 1 heterocycles. The molecule has 0 bridgehead atoms. The third kappa shape index (κ3) is 4.73. The standard InChI is InChI=1S/C21H23N3O3/c1-13(2)20(24-19(25)11-15-7-5-4-6-8-15)21(26)23-16-9-10-18-17(12-16)22-14(3)27-18/h4-10,12-13,20H,11H2,1-3H3,(H,23,26)(H,24,25). The first-order chi connectivity index (χ1) is 12.9. The van der Waals surface area contributed by atoms with Crippen LogP contribution in [0.2, 0.25) is 0 Å². The lowest BCUT2D eigenvalue weighted by Gasteiger charge is -2.21. The minimum Gasteiger partial charge on any atom is -0.441 e. The molecule has 0 fully saturated rings. The van der Waals surface area contributed by atoms with Crippen LogP contribution in [0.25, 0.3) is 11.1 Å². The third-order valence-corrected chi connectivity index (χ3v) is 4.24. The quantitative estimate of drug-likeness (QED) is 0.701. The molecule has 0 saturated heterocycles. The Morgan fingerprint density at radius 2 is 1.85 bits per heavy atom. The van der Waals surface area contributed by atoms with Crippen LogP contribution in [-0.4, -0.2) is 22.8 Å².